The van der Waals surface area contributed by atoms with E-state index in [9.17, 15) is 4.79 Å². The molecule has 1 amide bonds. The molecule has 3 heteroatoms. The minimum atomic E-state index is -0.0743. The zero-order chi connectivity index (χ0) is 10.8. The molecule has 2 saturated carbocycles. The van der Waals surface area contributed by atoms with Crippen LogP contribution in [0.25, 0.3) is 0 Å². The molecule has 0 aromatic heterocycles. The Morgan fingerprint density at radius 3 is 2.60 bits per heavy atom. The van der Waals surface area contributed by atoms with E-state index in [0.29, 0.717) is 18.4 Å². The first-order chi connectivity index (χ1) is 7.24. The maximum Gasteiger partial charge on any atom is 0.223 e. The van der Waals surface area contributed by atoms with Gasteiger partial charge in [0.25, 0.3) is 0 Å². The van der Waals surface area contributed by atoms with E-state index in [1.54, 1.807) is 0 Å². The van der Waals surface area contributed by atoms with Gasteiger partial charge in [0.15, 0.2) is 0 Å². The summed E-state index contributed by atoms with van der Waals surface area (Å²) in [5.74, 6) is 1.72. The summed E-state index contributed by atoms with van der Waals surface area (Å²) in [7, 11) is 0. The molecule has 0 spiro atoms. The number of carbonyl (C=O) groups excluding carboxylic acids is 1. The number of amides is 1. The first-order valence-corrected chi connectivity index (χ1v) is 5.91. The summed E-state index contributed by atoms with van der Waals surface area (Å²) in [5, 5.41) is 11.5. The summed E-state index contributed by atoms with van der Waals surface area (Å²) in [6.07, 6.45) is 5.05. The van der Waals surface area contributed by atoms with Gasteiger partial charge in [-0.25, -0.2) is 0 Å². The number of hydrogen-bond donors (Lipinski definition) is 1. The van der Waals surface area contributed by atoms with Crippen LogP contribution in [0.1, 0.15) is 32.6 Å². The molecule has 2 aliphatic carbocycles. The van der Waals surface area contributed by atoms with Crippen molar-refractivity contribution in [3.63, 3.8) is 0 Å². The number of hydrogen-bond acceptors (Lipinski definition) is 2. The van der Waals surface area contributed by atoms with Crippen molar-refractivity contribution in [2.24, 2.45) is 23.7 Å². The van der Waals surface area contributed by atoms with Crippen molar-refractivity contribution in [2.75, 3.05) is 6.54 Å². The second-order valence-corrected chi connectivity index (χ2v) is 4.91. The maximum absolute atomic E-state index is 11.8. The van der Waals surface area contributed by atoms with Crippen molar-refractivity contribution in [1.82, 2.24) is 5.32 Å². The van der Waals surface area contributed by atoms with Crippen molar-refractivity contribution in [3.05, 3.63) is 0 Å². The van der Waals surface area contributed by atoms with E-state index in [4.69, 9.17) is 5.26 Å². The van der Waals surface area contributed by atoms with Gasteiger partial charge in [-0.1, -0.05) is 12.8 Å². The molecule has 0 aromatic carbocycles. The van der Waals surface area contributed by atoms with Gasteiger partial charge in [0.05, 0.1) is 12.0 Å². The summed E-state index contributed by atoms with van der Waals surface area (Å²) < 4.78 is 0. The number of rotatable bonds is 3. The number of nitriles is 1. The molecule has 3 nitrogen and oxygen atoms in total. The number of fused-ring (bicyclic) bond motifs is 1. The fraction of sp³-hybridized carbons (Fsp3) is 0.833. The second kappa shape index (κ2) is 4.22. The van der Waals surface area contributed by atoms with Gasteiger partial charge in [0, 0.05) is 12.5 Å². The molecule has 82 valence electrons. The summed E-state index contributed by atoms with van der Waals surface area (Å²) >= 11 is 0. The number of nitrogens with zero attached hydrogens (tertiary/aromatic N) is 1. The predicted octanol–water partition coefficient (Wildman–Crippen LogP) is 1.70. The molecule has 0 aromatic rings. The Bertz CT molecular complexity index is 282. The third-order valence-electron chi connectivity index (χ3n) is 3.76. The average molecular weight is 206 g/mol. The third-order valence-corrected chi connectivity index (χ3v) is 3.76. The van der Waals surface area contributed by atoms with Gasteiger partial charge in [-0.3, -0.25) is 4.79 Å². The molecular formula is C12H18N2O. The van der Waals surface area contributed by atoms with Crippen molar-refractivity contribution < 1.29 is 4.79 Å². The van der Waals surface area contributed by atoms with Gasteiger partial charge in [-0.05, 0) is 31.6 Å². The van der Waals surface area contributed by atoms with Crippen LogP contribution in [0, 0.1) is 35.0 Å². The lowest BCUT2D eigenvalue weighted by molar-refractivity contribution is -0.122. The standard InChI is InChI=1S/C12H18N2O/c1-8(6-13)7-14-12(15)11-9-4-2-3-5-10(9)11/h8-11H,2-5,7H2,1H3,(H,14,15). The van der Waals surface area contributed by atoms with Gasteiger partial charge in [-0.15, -0.1) is 0 Å². The second-order valence-electron chi connectivity index (χ2n) is 4.91. The van der Waals surface area contributed by atoms with Crippen molar-refractivity contribution in [1.29, 1.82) is 5.26 Å². The SMILES string of the molecule is CC(C#N)CNC(=O)C1C2CCCCC21. The molecule has 0 saturated heterocycles. The van der Waals surface area contributed by atoms with E-state index in [0.717, 1.165) is 0 Å². The highest BCUT2D eigenvalue weighted by Gasteiger charge is 2.54. The average Bonchev–Trinajstić information content (AvgIpc) is 2.99. The molecule has 15 heavy (non-hydrogen) atoms. The van der Waals surface area contributed by atoms with Gasteiger partial charge in [-0.2, -0.15) is 5.26 Å². The van der Waals surface area contributed by atoms with E-state index in [1.807, 2.05) is 6.92 Å². The Morgan fingerprint density at radius 2 is 2.07 bits per heavy atom. The molecule has 0 bridgehead atoms. The molecule has 0 aliphatic heterocycles. The van der Waals surface area contributed by atoms with Gasteiger partial charge in [0.1, 0.15) is 0 Å². The van der Waals surface area contributed by atoms with E-state index in [-0.39, 0.29) is 17.7 Å². The van der Waals surface area contributed by atoms with E-state index >= 15 is 0 Å². The minimum absolute atomic E-state index is 0.0743. The highest BCUT2D eigenvalue weighted by molar-refractivity contribution is 5.82. The Balaban J connectivity index is 1.76. The lowest BCUT2D eigenvalue weighted by Gasteiger charge is -2.05. The number of nitrogens with one attached hydrogen (secondary N) is 1. The molecule has 3 atom stereocenters. The highest BCUT2D eigenvalue weighted by Crippen LogP contribution is 2.55. The Labute approximate surface area is 90.8 Å². The van der Waals surface area contributed by atoms with Crippen LogP contribution in [-0.2, 0) is 4.79 Å². The quantitative estimate of drug-likeness (QED) is 0.764. The monoisotopic (exact) mass is 206 g/mol. The largest absolute Gasteiger partial charge is 0.355 e. The van der Waals surface area contributed by atoms with Crippen molar-refractivity contribution in [2.45, 2.75) is 32.6 Å². The smallest absolute Gasteiger partial charge is 0.223 e. The lowest BCUT2D eigenvalue weighted by atomic mass is 10.0. The lowest BCUT2D eigenvalue weighted by Crippen LogP contribution is -2.29. The summed E-state index contributed by atoms with van der Waals surface area (Å²) in [6.45, 7) is 2.34. The minimum Gasteiger partial charge on any atom is -0.355 e. The normalized spacial score (nSPS) is 34.8. The van der Waals surface area contributed by atoms with Gasteiger partial charge in [0.2, 0.25) is 5.91 Å². The molecule has 0 radical (unpaired) electrons. The number of carbonyl (C=O) groups is 1. The van der Waals surface area contributed by atoms with Crippen LogP contribution in [0.2, 0.25) is 0 Å². The molecule has 2 aliphatic rings. The zero-order valence-electron chi connectivity index (χ0n) is 9.20. The maximum atomic E-state index is 11.8. The van der Waals surface area contributed by atoms with Crippen LogP contribution in [-0.4, -0.2) is 12.5 Å². The van der Waals surface area contributed by atoms with Crippen LogP contribution in [0.3, 0.4) is 0 Å². The fourth-order valence-electron chi connectivity index (χ4n) is 2.80. The molecular weight excluding hydrogens is 188 g/mol. The molecule has 0 heterocycles. The molecule has 3 unspecified atom stereocenters. The van der Waals surface area contributed by atoms with Crippen LogP contribution in [0.4, 0.5) is 0 Å². The van der Waals surface area contributed by atoms with Gasteiger partial charge < -0.3 is 5.32 Å². The first kappa shape index (κ1) is 10.5. The third kappa shape index (κ3) is 2.14. The van der Waals surface area contributed by atoms with Crippen LogP contribution < -0.4 is 5.32 Å². The predicted molar refractivity (Wildman–Crippen MR) is 56.7 cm³/mol. The zero-order valence-corrected chi connectivity index (χ0v) is 9.20. The summed E-state index contributed by atoms with van der Waals surface area (Å²) in [5.41, 5.74) is 0. The molecule has 1 N–H and O–H groups in total. The van der Waals surface area contributed by atoms with Gasteiger partial charge >= 0.3 is 0 Å². The Morgan fingerprint density at radius 1 is 1.47 bits per heavy atom. The topological polar surface area (TPSA) is 52.9 Å². The van der Waals surface area contributed by atoms with Crippen molar-refractivity contribution >= 4 is 5.91 Å². The Kier molecular flexibility index (Phi) is 2.95. The Hall–Kier alpha value is -1.04. The van der Waals surface area contributed by atoms with E-state index < -0.39 is 0 Å². The van der Waals surface area contributed by atoms with Crippen LogP contribution in [0.15, 0.2) is 0 Å². The summed E-state index contributed by atoms with van der Waals surface area (Å²) in [6, 6.07) is 2.13. The fourth-order valence-corrected chi connectivity index (χ4v) is 2.80. The first-order valence-electron chi connectivity index (χ1n) is 5.91. The molecule has 2 fully saturated rings. The summed E-state index contributed by atoms with van der Waals surface area (Å²) in [4.78, 5) is 11.8. The van der Waals surface area contributed by atoms with E-state index in [2.05, 4.69) is 11.4 Å². The molecule has 2 rings (SSSR count). The highest BCUT2D eigenvalue weighted by atomic mass is 16.2. The van der Waals surface area contributed by atoms with Crippen LogP contribution in [0.5, 0.6) is 0 Å². The van der Waals surface area contributed by atoms with Crippen molar-refractivity contribution in [3.8, 4) is 6.07 Å². The van der Waals surface area contributed by atoms with Crippen LogP contribution >= 0.6 is 0 Å². The van der Waals surface area contributed by atoms with E-state index in [1.165, 1.54) is 25.7 Å².